The number of hydrogen-bond donors (Lipinski definition) is 2. The van der Waals surface area contributed by atoms with Gasteiger partial charge in [0.1, 0.15) is 17.3 Å². The van der Waals surface area contributed by atoms with Crippen LogP contribution in [0.5, 0.6) is 5.75 Å². The van der Waals surface area contributed by atoms with Gasteiger partial charge < -0.3 is 5.11 Å². The fourth-order valence-electron chi connectivity index (χ4n) is 2.58. The second-order valence-electron chi connectivity index (χ2n) is 5.14. The summed E-state index contributed by atoms with van der Waals surface area (Å²) in [4.78, 5) is 8.88. The van der Waals surface area contributed by atoms with Gasteiger partial charge in [-0.25, -0.2) is 9.37 Å². The fraction of sp³-hybridized carbons (Fsp3) is 0.0526. The summed E-state index contributed by atoms with van der Waals surface area (Å²) in [5.41, 5.74) is 2.84. The van der Waals surface area contributed by atoms with Crippen molar-refractivity contribution in [2.75, 3.05) is 6.26 Å². The van der Waals surface area contributed by atoms with E-state index in [1.54, 1.807) is 42.8 Å². The summed E-state index contributed by atoms with van der Waals surface area (Å²) in [5.74, 6) is 0.473. The maximum atomic E-state index is 13.5. The third-order valence-corrected chi connectivity index (χ3v) is 3.62. The number of phenolic OH excluding ortho intramolecular Hbond substituents is 1. The minimum Gasteiger partial charge on any atom is -0.508 e. The van der Waals surface area contributed by atoms with Crippen LogP contribution in [0.4, 0.5) is 4.39 Å². The zero-order chi connectivity index (χ0) is 17.8. The van der Waals surface area contributed by atoms with E-state index in [4.69, 9.17) is 0 Å². The summed E-state index contributed by atoms with van der Waals surface area (Å²) in [6.45, 7) is 0. The summed E-state index contributed by atoms with van der Waals surface area (Å²) in [5, 5.41) is 9.50. The van der Waals surface area contributed by atoms with Crippen LogP contribution in [0.2, 0.25) is 0 Å². The summed E-state index contributed by atoms with van der Waals surface area (Å²) in [6, 6.07) is 16.8. The number of aromatic nitrogens is 3. The fourth-order valence-corrected chi connectivity index (χ4v) is 2.58. The number of imidazole rings is 1. The lowest BCUT2D eigenvalue weighted by atomic mass is 10.2. The molecule has 1 N–H and O–H groups in total. The van der Waals surface area contributed by atoms with Crippen molar-refractivity contribution in [3.63, 3.8) is 0 Å². The van der Waals surface area contributed by atoms with Gasteiger partial charge in [0.25, 0.3) is 0 Å². The van der Waals surface area contributed by atoms with Gasteiger partial charge in [0, 0.05) is 18.0 Å². The van der Waals surface area contributed by atoms with Crippen LogP contribution in [0, 0.1) is 5.82 Å². The standard InChI is InChI=1S/C18H12FN3O.CH4S/c19-12-4-9-17-16(11-12)21-18(15-3-1-2-10-20-15)22(17)13-5-7-14(23)8-6-13;1-2/h1-11,23H;2H,1H3. The maximum absolute atomic E-state index is 13.5. The number of thiol groups is 1. The van der Waals surface area contributed by atoms with E-state index in [0.717, 1.165) is 11.2 Å². The Morgan fingerprint density at radius 3 is 2.44 bits per heavy atom. The number of pyridine rings is 1. The van der Waals surface area contributed by atoms with Gasteiger partial charge in [0.05, 0.1) is 11.0 Å². The molecule has 25 heavy (non-hydrogen) atoms. The highest BCUT2D eigenvalue weighted by molar-refractivity contribution is 7.79. The smallest absolute Gasteiger partial charge is 0.164 e. The number of fused-ring (bicyclic) bond motifs is 1. The molecule has 0 aliphatic carbocycles. The lowest BCUT2D eigenvalue weighted by Gasteiger charge is -2.09. The average Bonchev–Trinajstić information content (AvgIpc) is 3.03. The number of aromatic hydroxyl groups is 1. The number of hydrogen-bond acceptors (Lipinski definition) is 4. The quantitative estimate of drug-likeness (QED) is 0.523. The number of halogens is 1. The van der Waals surface area contributed by atoms with Gasteiger partial charge in [0.15, 0.2) is 5.82 Å². The highest BCUT2D eigenvalue weighted by Gasteiger charge is 2.15. The summed E-state index contributed by atoms with van der Waals surface area (Å²) >= 11 is 3.53. The molecule has 0 atom stereocenters. The normalized spacial score (nSPS) is 10.4. The average molecular weight is 353 g/mol. The van der Waals surface area contributed by atoms with Crippen LogP contribution in [0.3, 0.4) is 0 Å². The van der Waals surface area contributed by atoms with Crippen molar-refractivity contribution in [1.82, 2.24) is 14.5 Å². The predicted octanol–water partition coefficient (Wildman–Crippen LogP) is 4.48. The summed E-state index contributed by atoms with van der Waals surface area (Å²) < 4.78 is 15.4. The molecule has 0 aliphatic rings. The molecule has 0 saturated carbocycles. The van der Waals surface area contributed by atoms with Crippen molar-refractivity contribution in [1.29, 1.82) is 0 Å². The van der Waals surface area contributed by atoms with Crippen LogP contribution in [-0.4, -0.2) is 25.9 Å². The van der Waals surface area contributed by atoms with Crippen molar-refractivity contribution in [2.45, 2.75) is 0 Å². The first-order chi connectivity index (χ1) is 12.2. The van der Waals surface area contributed by atoms with Gasteiger partial charge >= 0.3 is 0 Å². The minimum absolute atomic E-state index is 0.184. The first-order valence-corrected chi connectivity index (χ1v) is 8.45. The molecule has 2 aromatic heterocycles. The van der Waals surface area contributed by atoms with Gasteiger partial charge in [-0.1, -0.05) is 6.07 Å². The zero-order valence-electron chi connectivity index (χ0n) is 13.5. The second-order valence-corrected chi connectivity index (χ2v) is 5.14. The summed E-state index contributed by atoms with van der Waals surface area (Å²) in [7, 11) is 0. The van der Waals surface area contributed by atoms with E-state index < -0.39 is 0 Å². The molecule has 0 unspecified atom stereocenters. The molecule has 0 aliphatic heterocycles. The summed E-state index contributed by atoms with van der Waals surface area (Å²) in [6.07, 6.45) is 3.39. The molecular weight excluding hydrogens is 337 g/mol. The zero-order valence-corrected chi connectivity index (χ0v) is 14.4. The van der Waals surface area contributed by atoms with Gasteiger partial charge in [-0.3, -0.25) is 9.55 Å². The largest absolute Gasteiger partial charge is 0.508 e. The molecule has 0 spiro atoms. The highest BCUT2D eigenvalue weighted by Crippen LogP contribution is 2.28. The minimum atomic E-state index is -0.333. The van der Waals surface area contributed by atoms with Crippen LogP contribution < -0.4 is 0 Å². The van der Waals surface area contributed by atoms with E-state index in [2.05, 4.69) is 22.6 Å². The first-order valence-electron chi connectivity index (χ1n) is 7.56. The third-order valence-electron chi connectivity index (χ3n) is 3.62. The molecular formula is C19H16FN3OS. The molecule has 0 fully saturated rings. The molecule has 0 saturated heterocycles. The van der Waals surface area contributed by atoms with E-state index in [1.807, 2.05) is 22.8 Å². The van der Waals surface area contributed by atoms with E-state index in [1.165, 1.54) is 12.1 Å². The van der Waals surface area contributed by atoms with Crippen molar-refractivity contribution in [3.8, 4) is 23.0 Å². The third kappa shape index (κ3) is 3.34. The molecule has 4 rings (SSSR count). The Balaban J connectivity index is 0.000000880. The van der Waals surface area contributed by atoms with Gasteiger partial charge in [-0.15, -0.1) is 0 Å². The lowest BCUT2D eigenvalue weighted by Crippen LogP contribution is -1.98. The Labute approximate surface area is 150 Å². The highest BCUT2D eigenvalue weighted by atomic mass is 32.1. The van der Waals surface area contributed by atoms with Gasteiger partial charge in [0.2, 0.25) is 0 Å². The second kappa shape index (κ2) is 7.36. The lowest BCUT2D eigenvalue weighted by molar-refractivity contribution is 0.475. The number of rotatable bonds is 2. The van der Waals surface area contributed by atoms with E-state index >= 15 is 0 Å². The van der Waals surface area contributed by atoms with Gasteiger partial charge in [-0.2, -0.15) is 12.6 Å². The van der Waals surface area contributed by atoms with Crippen molar-refractivity contribution < 1.29 is 9.50 Å². The predicted molar refractivity (Wildman–Crippen MR) is 101 cm³/mol. The van der Waals surface area contributed by atoms with Crippen LogP contribution in [0.15, 0.2) is 66.9 Å². The van der Waals surface area contributed by atoms with Crippen molar-refractivity contribution in [2.24, 2.45) is 0 Å². The Morgan fingerprint density at radius 2 is 1.76 bits per heavy atom. The van der Waals surface area contributed by atoms with E-state index in [9.17, 15) is 9.50 Å². The number of nitrogens with zero attached hydrogens (tertiary/aromatic N) is 3. The van der Waals surface area contributed by atoms with Crippen LogP contribution in [0.1, 0.15) is 0 Å². The molecule has 126 valence electrons. The van der Waals surface area contributed by atoms with E-state index in [-0.39, 0.29) is 11.6 Å². The Morgan fingerprint density at radius 1 is 1.00 bits per heavy atom. The first kappa shape index (κ1) is 17.0. The Kier molecular flexibility index (Phi) is 5.00. The molecule has 4 aromatic rings. The SMILES string of the molecule is CS.Oc1ccc(-n2c(-c3ccccn3)nc3cc(F)ccc32)cc1. The molecule has 4 nitrogen and oxygen atoms in total. The van der Waals surface area contributed by atoms with E-state index in [0.29, 0.717) is 17.0 Å². The number of phenols is 1. The Hall–Kier alpha value is -2.86. The molecule has 2 heterocycles. The topological polar surface area (TPSA) is 50.9 Å². The van der Waals surface area contributed by atoms with Crippen LogP contribution in [0.25, 0.3) is 28.2 Å². The van der Waals surface area contributed by atoms with Crippen molar-refractivity contribution in [3.05, 3.63) is 72.7 Å². The van der Waals surface area contributed by atoms with Crippen molar-refractivity contribution >= 4 is 23.7 Å². The molecule has 0 radical (unpaired) electrons. The van der Waals surface area contributed by atoms with Crippen LogP contribution in [-0.2, 0) is 0 Å². The molecule has 0 amide bonds. The molecule has 6 heteroatoms. The van der Waals surface area contributed by atoms with Gasteiger partial charge in [-0.05, 0) is 54.8 Å². The monoisotopic (exact) mass is 353 g/mol. The maximum Gasteiger partial charge on any atom is 0.164 e. The number of benzene rings is 2. The van der Waals surface area contributed by atoms with Crippen LogP contribution >= 0.6 is 12.6 Å². The molecule has 2 aromatic carbocycles. The Bertz CT molecular complexity index is 985. The molecule has 0 bridgehead atoms.